The molecule has 0 fully saturated rings. The summed E-state index contributed by atoms with van der Waals surface area (Å²) in [6.45, 7) is 7.10. The van der Waals surface area contributed by atoms with Gasteiger partial charge in [0.15, 0.2) is 0 Å². The molecule has 4 heteroatoms. The van der Waals surface area contributed by atoms with Crippen LogP contribution in [-0.4, -0.2) is 24.0 Å². The molecule has 1 aromatic heterocycles. The molecule has 4 nitrogen and oxygen atoms in total. The van der Waals surface area contributed by atoms with Crippen molar-refractivity contribution in [3.8, 4) is 5.75 Å². The number of aromatic nitrogens is 1. The fourth-order valence-electron chi connectivity index (χ4n) is 1.99. The van der Waals surface area contributed by atoms with Crippen LogP contribution in [0.15, 0.2) is 42.6 Å². The van der Waals surface area contributed by atoms with Crippen LogP contribution >= 0.6 is 0 Å². The average Bonchev–Trinajstić information content (AvgIpc) is 2.52. The molecular formula is C18H22N2O2. The maximum absolute atomic E-state index is 11.9. The molecule has 2 aromatic rings. The summed E-state index contributed by atoms with van der Waals surface area (Å²) in [5.74, 6) is 1.19. The number of rotatable bonds is 6. The fraction of sp³-hybridized carbons (Fsp3) is 0.333. The molecule has 0 bridgehead atoms. The minimum Gasteiger partial charge on any atom is -0.492 e. The minimum atomic E-state index is -0.133. The first-order valence-corrected chi connectivity index (χ1v) is 7.50. The smallest absolute Gasteiger partial charge is 0.252 e. The molecule has 2 rings (SSSR count). The van der Waals surface area contributed by atoms with Gasteiger partial charge >= 0.3 is 0 Å². The Morgan fingerprint density at radius 2 is 1.91 bits per heavy atom. The molecule has 1 N–H and O–H groups in total. The number of amides is 1. The van der Waals surface area contributed by atoms with Gasteiger partial charge in [0, 0.05) is 11.9 Å². The van der Waals surface area contributed by atoms with E-state index < -0.39 is 0 Å². The van der Waals surface area contributed by atoms with E-state index in [1.165, 1.54) is 5.56 Å². The quantitative estimate of drug-likeness (QED) is 0.832. The Labute approximate surface area is 131 Å². The maximum atomic E-state index is 11.9. The minimum absolute atomic E-state index is 0.133. The van der Waals surface area contributed by atoms with Crippen LogP contribution < -0.4 is 10.1 Å². The predicted octanol–water partition coefficient (Wildman–Crippen LogP) is 3.32. The molecule has 116 valence electrons. The first kappa shape index (κ1) is 16.0. The molecule has 0 atom stereocenters. The van der Waals surface area contributed by atoms with Crippen LogP contribution in [0.25, 0.3) is 0 Å². The van der Waals surface area contributed by atoms with E-state index in [9.17, 15) is 4.79 Å². The van der Waals surface area contributed by atoms with Crippen molar-refractivity contribution in [2.45, 2.75) is 26.7 Å². The molecule has 1 heterocycles. The molecule has 0 aliphatic heterocycles. The second kappa shape index (κ2) is 7.59. The van der Waals surface area contributed by atoms with E-state index in [1.54, 1.807) is 12.3 Å². The van der Waals surface area contributed by atoms with Crippen molar-refractivity contribution < 1.29 is 9.53 Å². The lowest BCUT2D eigenvalue weighted by Crippen LogP contribution is -2.28. The summed E-state index contributed by atoms with van der Waals surface area (Å²) < 4.78 is 5.62. The topological polar surface area (TPSA) is 51.2 Å². The number of nitrogens with one attached hydrogen (secondary N) is 1. The first-order valence-electron chi connectivity index (χ1n) is 7.50. The lowest BCUT2D eigenvalue weighted by molar-refractivity contribution is 0.0946. The van der Waals surface area contributed by atoms with Gasteiger partial charge in [-0.25, -0.2) is 0 Å². The highest BCUT2D eigenvalue weighted by atomic mass is 16.5. The van der Waals surface area contributed by atoms with Gasteiger partial charge < -0.3 is 10.1 Å². The van der Waals surface area contributed by atoms with Gasteiger partial charge in [0.05, 0.1) is 12.1 Å². The van der Waals surface area contributed by atoms with Gasteiger partial charge in [-0.15, -0.1) is 0 Å². The van der Waals surface area contributed by atoms with Crippen molar-refractivity contribution in [3.63, 3.8) is 0 Å². The highest BCUT2D eigenvalue weighted by molar-refractivity contribution is 5.93. The van der Waals surface area contributed by atoms with Crippen molar-refractivity contribution in [3.05, 3.63) is 59.4 Å². The monoisotopic (exact) mass is 298 g/mol. The lowest BCUT2D eigenvalue weighted by Gasteiger charge is -2.09. The van der Waals surface area contributed by atoms with E-state index in [0.717, 1.165) is 11.4 Å². The van der Waals surface area contributed by atoms with Crippen LogP contribution in [0.2, 0.25) is 0 Å². The molecule has 0 aliphatic rings. The lowest BCUT2D eigenvalue weighted by atomic mass is 10.0. The van der Waals surface area contributed by atoms with Crippen molar-refractivity contribution in [2.24, 2.45) is 0 Å². The molecule has 1 amide bonds. The Kier molecular flexibility index (Phi) is 5.53. The number of carbonyl (C=O) groups excluding carboxylic acids is 1. The third-order valence-electron chi connectivity index (χ3n) is 3.38. The van der Waals surface area contributed by atoms with Crippen LogP contribution in [0.1, 0.15) is 41.4 Å². The van der Waals surface area contributed by atoms with Gasteiger partial charge in [-0.2, -0.15) is 0 Å². The second-order valence-corrected chi connectivity index (χ2v) is 5.52. The van der Waals surface area contributed by atoms with Crippen molar-refractivity contribution in [2.75, 3.05) is 13.2 Å². The normalized spacial score (nSPS) is 10.5. The summed E-state index contributed by atoms with van der Waals surface area (Å²) >= 11 is 0. The van der Waals surface area contributed by atoms with Crippen molar-refractivity contribution >= 4 is 5.91 Å². The SMILES string of the molecule is Cc1ccc(C(=O)NCCOc2ccc(C(C)C)cc2)cn1. The molecule has 1 aromatic carbocycles. The number of benzene rings is 1. The molecule has 0 saturated carbocycles. The number of pyridine rings is 1. The Morgan fingerprint density at radius 1 is 1.18 bits per heavy atom. The van der Waals surface area contributed by atoms with Gasteiger partial charge in [-0.1, -0.05) is 26.0 Å². The zero-order valence-corrected chi connectivity index (χ0v) is 13.3. The fourth-order valence-corrected chi connectivity index (χ4v) is 1.99. The van der Waals surface area contributed by atoms with Crippen molar-refractivity contribution in [1.82, 2.24) is 10.3 Å². The standard InChI is InChI=1S/C18H22N2O2/c1-13(2)15-6-8-17(9-7-15)22-11-10-19-18(21)16-5-4-14(3)20-12-16/h4-9,12-13H,10-11H2,1-3H3,(H,19,21). The Bertz CT molecular complexity index is 604. The highest BCUT2D eigenvalue weighted by Crippen LogP contribution is 2.18. The van der Waals surface area contributed by atoms with E-state index in [-0.39, 0.29) is 5.91 Å². The number of hydrogen-bond donors (Lipinski definition) is 1. The number of hydrogen-bond acceptors (Lipinski definition) is 3. The predicted molar refractivity (Wildman–Crippen MR) is 87.3 cm³/mol. The van der Waals surface area contributed by atoms with E-state index in [4.69, 9.17) is 4.74 Å². The van der Waals surface area contributed by atoms with Crippen LogP contribution in [0.5, 0.6) is 5.75 Å². The largest absolute Gasteiger partial charge is 0.492 e. The van der Waals surface area contributed by atoms with Gasteiger partial charge in [0.25, 0.3) is 5.91 Å². The molecule has 0 radical (unpaired) electrons. The Balaban J connectivity index is 1.74. The van der Waals surface area contributed by atoms with Crippen LogP contribution in [0.3, 0.4) is 0 Å². The van der Waals surface area contributed by atoms with Crippen LogP contribution in [-0.2, 0) is 0 Å². The highest BCUT2D eigenvalue weighted by Gasteiger charge is 2.05. The number of carbonyl (C=O) groups is 1. The number of nitrogens with zero attached hydrogens (tertiary/aromatic N) is 1. The van der Waals surface area contributed by atoms with E-state index in [1.807, 2.05) is 25.1 Å². The summed E-state index contributed by atoms with van der Waals surface area (Å²) in [4.78, 5) is 16.0. The molecule has 22 heavy (non-hydrogen) atoms. The maximum Gasteiger partial charge on any atom is 0.252 e. The molecular weight excluding hydrogens is 276 g/mol. The summed E-state index contributed by atoms with van der Waals surface area (Å²) in [7, 11) is 0. The third-order valence-corrected chi connectivity index (χ3v) is 3.38. The van der Waals surface area contributed by atoms with Gasteiger partial charge in [0.2, 0.25) is 0 Å². The summed E-state index contributed by atoms with van der Waals surface area (Å²) in [5, 5.41) is 2.81. The Hall–Kier alpha value is -2.36. The summed E-state index contributed by atoms with van der Waals surface area (Å²) in [6.07, 6.45) is 1.58. The third kappa shape index (κ3) is 4.58. The van der Waals surface area contributed by atoms with Crippen LogP contribution in [0, 0.1) is 6.92 Å². The Morgan fingerprint density at radius 3 is 2.50 bits per heavy atom. The average molecular weight is 298 g/mol. The zero-order chi connectivity index (χ0) is 15.9. The summed E-state index contributed by atoms with van der Waals surface area (Å²) in [6, 6.07) is 11.6. The van der Waals surface area contributed by atoms with Crippen molar-refractivity contribution in [1.29, 1.82) is 0 Å². The first-order chi connectivity index (χ1) is 10.6. The zero-order valence-electron chi connectivity index (χ0n) is 13.3. The number of ether oxygens (including phenoxy) is 1. The van der Waals surface area contributed by atoms with Gasteiger partial charge in [-0.3, -0.25) is 9.78 Å². The van der Waals surface area contributed by atoms with E-state index in [0.29, 0.717) is 24.6 Å². The van der Waals surface area contributed by atoms with Gasteiger partial charge in [-0.05, 0) is 42.7 Å². The van der Waals surface area contributed by atoms with Crippen LogP contribution in [0.4, 0.5) is 0 Å². The number of aryl methyl sites for hydroxylation is 1. The molecule has 0 saturated heterocycles. The van der Waals surface area contributed by atoms with E-state index in [2.05, 4.69) is 36.3 Å². The van der Waals surface area contributed by atoms with Gasteiger partial charge in [0.1, 0.15) is 12.4 Å². The summed E-state index contributed by atoms with van der Waals surface area (Å²) in [5.41, 5.74) is 2.74. The molecule has 0 aliphatic carbocycles. The molecule has 0 unspecified atom stereocenters. The second-order valence-electron chi connectivity index (χ2n) is 5.52. The van der Waals surface area contributed by atoms with E-state index >= 15 is 0 Å². The molecule has 0 spiro atoms.